The van der Waals surface area contributed by atoms with Gasteiger partial charge in [-0.15, -0.1) is 0 Å². The van der Waals surface area contributed by atoms with Gasteiger partial charge in [-0.3, -0.25) is 4.90 Å². The van der Waals surface area contributed by atoms with E-state index in [9.17, 15) is 0 Å². The maximum atomic E-state index is 3.47. The Morgan fingerprint density at radius 2 is 1.84 bits per heavy atom. The van der Waals surface area contributed by atoms with Gasteiger partial charge in [0.15, 0.2) is 0 Å². The highest BCUT2D eigenvalue weighted by Gasteiger charge is 2.25. The number of rotatable bonds is 2. The molecule has 2 heterocycles. The van der Waals surface area contributed by atoms with Crippen LogP contribution < -0.4 is 10.2 Å². The van der Waals surface area contributed by atoms with E-state index in [0.717, 1.165) is 6.04 Å². The van der Waals surface area contributed by atoms with Crippen molar-refractivity contribution in [2.75, 3.05) is 44.2 Å². The summed E-state index contributed by atoms with van der Waals surface area (Å²) in [5.74, 6) is 0. The van der Waals surface area contributed by atoms with E-state index in [4.69, 9.17) is 0 Å². The van der Waals surface area contributed by atoms with E-state index in [2.05, 4.69) is 47.2 Å². The highest BCUT2D eigenvalue weighted by molar-refractivity contribution is 5.51. The molecule has 1 aromatic rings. The van der Waals surface area contributed by atoms with Crippen LogP contribution in [0.25, 0.3) is 0 Å². The predicted octanol–water partition coefficient (Wildman–Crippen LogP) is 1.79. The van der Waals surface area contributed by atoms with Crippen LogP contribution in [0, 0.1) is 13.8 Å². The summed E-state index contributed by atoms with van der Waals surface area (Å²) in [6.45, 7) is 11.5. The molecule has 3 heteroatoms. The van der Waals surface area contributed by atoms with Crippen molar-refractivity contribution in [3.63, 3.8) is 0 Å². The van der Waals surface area contributed by atoms with Gasteiger partial charge in [0.05, 0.1) is 0 Å². The number of hydrogen-bond acceptors (Lipinski definition) is 3. The zero-order valence-corrected chi connectivity index (χ0v) is 12.2. The van der Waals surface area contributed by atoms with Gasteiger partial charge in [0.25, 0.3) is 0 Å². The van der Waals surface area contributed by atoms with Crippen molar-refractivity contribution in [1.82, 2.24) is 10.2 Å². The second-order valence-electron chi connectivity index (χ2n) is 5.94. The van der Waals surface area contributed by atoms with E-state index in [1.54, 1.807) is 0 Å². The molecule has 0 aromatic heterocycles. The lowest BCUT2D eigenvalue weighted by Gasteiger charge is -2.39. The molecule has 0 radical (unpaired) electrons. The maximum Gasteiger partial charge on any atom is 0.0369 e. The minimum Gasteiger partial charge on any atom is -0.369 e. The molecule has 0 spiro atoms. The first-order valence-electron chi connectivity index (χ1n) is 7.51. The Labute approximate surface area is 116 Å². The van der Waals surface area contributed by atoms with E-state index in [1.807, 2.05) is 0 Å². The first kappa shape index (κ1) is 12.9. The van der Waals surface area contributed by atoms with Gasteiger partial charge in [0.1, 0.15) is 0 Å². The molecule has 0 bridgehead atoms. The quantitative estimate of drug-likeness (QED) is 0.873. The summed E-state index contributed by atoms with van der Waals surface area (Å²) >= 11 is 0. The third-order valence-corrected chi connectivity index (χ3v) is 4.72. The summed E-state index contributed by atoms with van der Waals surface area (Å²) in [6.07, 6.45) is 1.32. The molecular formula is C16H25N3. The van der Waals surface area contributed by atoms with Crippen LogP contribution in [-0.4, -0.2) is 50.2 Å². The summed E-state index contributed by atoms with van der Waals surface area (Å²) < 4.78 is 0. The molecule has 2 fully saturated rings. The van der Waals surface area contributed by atoms with E-state index in [1.165, 1.54) is 62.5 Å². The molecule has 3 nitrogen and oxygen atoms in total. The standard InChI is InChI=1S/C16H25N3/c1-13-3-4-15(11-14(13)2)18-7-9-19(10-8-18)16-5-6-17-12-16/h3-4,11,16-17H,5-10,12H2,1-2H3. The van der Waals surface area contributed by atoms with Gasteiger partial charge in [-0.05, 0) is 50.1 Å². The third-order valence-electron chi connectivity index (χ3n) is 4.72. The molecule has 1 aromatic carbocycles. The molecule has 0 saturated carbocycles. The number of benzene rings is 1. The molecule has 1 atom stereocenters. The third kappa shape index (κ3) is 2.77. The fraction of sp³-hybridized carbons (Fsp3) is 0.625. The normalized spacial score (nSPS) is 24.9. The van der Waals surface area contributed by atoms with E-state index < -0.39 is 0 Å². The lowest BCUT2D eigenvalue weighted by molar-refractivity contribution is 0.196. The number of hydrogen-bond donors (Lipinski definition) is 1. The fourth-order valence-electron chi connectivity index (χ4n) is 3.22. The second-order valence-corrected chi connectivity index (χ2v) is 5.94. The van der Waals surface area contributed by atoms with E-state index in [-0.39, 0.29) is 0 Å². The minimum atomic E-state index is 0.780. The zero-order chi connectivity index (χ0) is 13.2. The number of nitrogens with one attached hydrogen (secondary N) is 1. The molecule has 1 N–H and O–H groups in total. The fourth-order valence-corrected chi connectivity index (χ4v) is 3.22. The lowest BCUT2D eigenvalue weighted by atomic mass is 10.1. The van der Waals surface area contributed by atoms with Crippen molar-refractivity contribution < 1.29 is 0 Å². The van der Waals surface area contributed by atoms with Crippen LogP contribution in [-0.2, 0) is 0 Å². The van der Waals surface area contributed by atoms with Crippen molar-refractivity contribution in [1.29, 1.82) is 0 Å². The number of anilines is 1. The van der Waals surface area contributed by atoms with Crippen LogP contribution in [0.3, 0.4) is 0 Å². The van der Waals surface area contributed by atoms with Crippen molar-refractivity contribution in [2.24, 2.45) is 0 Å². The van der Waals surface area contributed by atoms with Crippen molar-refractivity contribution in [3.8, 4) is 0 Å². The molecule has 104 valence electrons. The van der Waals surface area contributed by atoms with Gasteiger partial charge in [-0.1, -0.05) is 6.07 Å². The SMILES string of the molecule is Cc1ccc(N2CCN(C3CCNC3)CC2)cc1C. The first-order chi connectivity index (χ1) is 9.24. The maximum absolute atomic E-state index is 3.47. The van der Waals surface area contributed by atoms with Gasteiger partial charge in [0, 0.05) is 44.5 Å². The number of aryl methyl sites for hydroxylation is 2. The van der Waals surface area contributed by atoms with Gasteiger partial charge in [-0.2, -0.15) is 0 Å². The smallest absolute Gasteiger partial charge is 0.0369 e. The van der Waals surface area contributed by atoms with Crippen molar-refractivity contribution in [3.05, 3.63) is 29.3 Å². The molecule has 19 heavy (non-hydrogen) atoms. The predicted molar refractivity (Wildman–Crippen MR) is 81.0 cm³/mol. The Hall–Kier alpha value is -1.06. The Bertz CT molecular complexity index is 430. The monoisotopic (exact) mass is 259 g/mol. The van der Waals surface area contributed by atoms with E-state index >= 15 is 0 Å². The van der Waals surface area contributed by atoms with Crippen molar-refractivity contribution >= 4 is 5.69 Å². The Kier molecular flexibility index (Phi) is 3.76. The zero-order valence-electron chi connectivity index (χ0n) is 12.2. The second kappa shape index (κ2) is 5.51. The molecule has 0 amide bonds. The van der Waals surface area contributed by atoms with Crippen LogP contribution in [0.5, 0.6) is 0 Å². The summed E-state index contributed by atoms with van der Waals surface area (Å²) in [4.78, 5) is 5.20. The van der Waals surface area contributed by atoms with E-state index in [0.29, 0.717) is 0 Å². The van der Waals surface area contributed by atoms with Crippen LogP contribution >= 0.6 is 0 Å². The molecule has 3 rings (SSSR count). The Morgan fingerprint density at radius 3 is 2.47 bits per heavy atom. The summed E-state index contributed by atoms with van der Waals surface area (Å²) in [5.41, 5.74) is 4.19. The van der Waals surface area contributed by atoms with Gasteiger partial charge < -0.3 is 10.2 Å². The average Bonchev–Trinajstić information content (AvgIpc) is 2.96. The molecule has 2 aliphatic heterocycles. The highest BCUT2D eigenvalue weighted by atomic mass is 15.3. The van der Waals surface area contributed by atoms with Gasteiger partial charge in [0.2, 0.25) is 0 Å². The lowest BCUT2D eigenvalue weighted by Crippen LogP contribution is -2.51. The number of nitrogens with zero attached hydrogens (tertiary/aromatic N) is 2. The Morgan fingerprint density at radius 1 is 1.05 bits per heavy atom. The molecule has 0 aliphatic carbocycles. The highest BCUT2D eigenvalue weighted by Crippen LogP contribution is 2.21. The Balaban J connectivity index is 1.61. The summed E-state index contributed by atoms with van der Waals surface area (Å²) in [7, 11) is 0. The van der Waals surface area contributed by atoms with Crippen LogP contribution in [0.15, 0.2) is 18.2 Å². The minimum absolute atomic E-state index is 0.780. The van der Waals surface area contributed by atoms with Crippen LogP contribution in [0.1, 0.15) is 17.5 Å². The van der Waals surface area contributed by atoms with Gasteiger partial charge >= 0.3 is 0 Å². The van der Waals surface area contributed by atoms with Crippen LogP contribution in [0.4, 0.5) is 5.69 Å². The molecule has 2 aliphatic rings. The summed E-state index contributed by atoms with van der Waals surface area (Å²) in [5, 5.41) is 3.47. The number of piperazine rings is 1. The van der Waals surface area contributed by atoms with Crippen molar-refractivity contribution in [2.45, 2.75) is 26.3 Å². The van der Waals surface area contributed by atoms with Crippen LogP contribution in [0.2, 0.25) is 0 Å². The molecular weight excluding hydrogens is 234 g/mol. The summed E-state index contributed by atoms with van der Waals surface area (Å²) in [6, 6.07) is 7.64. The van der Waals surface area contributed by atoms with Gasteiger partial charge in [-0.25, -0.2) is 0 Å². The molecule has 1 unspecified atom stereocenters. The molecule has 2 saturated heterocycles. The largest absolute Gasteiger partial charge is 0.369 e. The average molecular weight is 259 g/mol. The topological polar surface area (TPSA) is 18.5 Å². The first-order valence-corrected chi connectivity index (χ1v) is 7.51.